The van der Waals surface area contributed by atoms with Crippen molar-refractivity contribution in [3.8, 4) is 5.75 Å². The summed E-state index contributed by atoms with van der Waals surface area (Å²) in [7, 11) is 0. The molecule has 1 aromatic rings. The third-order valence-corrected chi connectivity index (χ3v) is 6.73. The first-order valence-electron chi connectivity index (χ1n) is 13.1. The Hall–Kier alpha value is -1.51. The molecule has 1 aliphatic carbocycles. The minimum absolute atomic E-state index is 0.00160. The maximum absolute atomic E-state index is 12.1. The minimum Gasteiger partial charge on any atom is -0.494 e. The normalized spacial score (nSPS) is 21.1. The van der Waals surface area contributed by atoms with Crippen LogP contribution < -0.4 is 4.74 Å². The van der Waals surface area contributed by atoms with Gasteiger partial charge in [0.15, 0.2) is 0 Å². The van der Waals surface area contributed by atoms with Crippen LogP contribution in [0.25, 0.3) is 0 Å². The molecule has 3 atom stereocenters. The highest BCUT2D eigenvalue weighted by Gasteiger charge is 2.30. The number of carbonyl (C=O) groups is 1. The number of unbranched alkanes of at least 4 members (excludes halogenated alkanes) is 8. The fourth-order valence-electron chi connectivity index (χ4n) is 4.68. The standard InChI is InChI=1S/C28H46O3/c1-4-6-8-10-11-13-21-30-26-18-15-24(16-19-26)25-17-20-27(23(3)22-25)31-28(29)14-12-9-7-5-2/h15-16,18-19,23,25,27H,4-14,17,20-22H2,1-3H3. The largest absolute Gasteiger partial charge is 0.494 e. The molecule has 0 aliphatic heterocycles. The Morgan fingerprint density at radius 2 is 1.52 bits per heavy atom. The average Bonchev–Trinajstić information content (AvgIpc) is 2.78. The fourth-order valence-corrected chi connectivity index (χ4v) is 4.68. The Kier molecular flexibility index (Phi) is 12.7. The lowest BCUT2D eigenvalue weighted by atomic mass is 9.77. The molecule has 31 heavy (non-hydrogen) atoms. The van der Waals surface area contributed by atoms with Gasteiger partial charge in [-0.3, -0.25) is 4.79 Å². The molecular formula is C28H46O3. The second kappa shape index (κ2) is 15.3. The Morgan fingerprint density at radius 3 is 2.19 bits per heavy atom. The van der Waals surface area contributed by atoms with Crippen molar-refractivity contribution in [3.63, 3.8) is 0 Å². The molecule has 176 valence electrons. The molecule has 0 aromatic heterocycles. The first-order chi connectivity index (χ1) is 15.1. The van der Waals surface area contributed by atoms with Crippen LogP contribution in [0.15, 0.2) is 24.3 Å². The van der Waals surface area contributed by atoms with E-state index in [1.807, 2.05) is 0 Å². The number of hydrogen-bond acceptors (Lipinski definition) is 3. The molecule has 1 saturated carbocycles. The predicted octanol–water partition coefficient (Wildman–Crippen LogP) is 8.21. The van der Waals surface area contributed by atoms with E-state index in [2.05, 4.69) is 45.0 Å². The van der Waals surface area contributed by atoms with Crippen LogP contribution in [-0.2, 0) is 9.53 Å². The van der Waals surface area contributed by atoms with Gasteiger partial charge in [0.1, 0.15) is 11.9 Å². The van der Waals surface area contributed by atoms with Crippen molar-refractivity contribution in [1.29, 1.82) is 0 Å². The van der Waals surface area contributed by atoms with E-state index in [4.69, 9.17) is 9.47 Å². The number of esters is 1. The van der Waals surface area contributed by atoms with Gasteiger partial charge >= 0.3 is 5.97 Å². The lowest BCUT2D eigenvalue weighted by molar-refractivity contribution is -0.153. The lowest BCUT2D eigenvalue weighted by Crippen LogP contribution is -2.31. The summed E-state index contributed by atoms with van der Waals surface area (Å²) in [4.78, 5) is 12.1. The van der Waals surface area contributed by atoms with Gasteiger partial charge in [-0.25, -0.2) is 0 Å². The van der Waals surface area contributed by atoms with Gasteiger partial charge in [-0.15, -0.1) is 0 Å². The van der Waals surface area contributed by atoms with E-state index in [0.29, 0.717) is 18.3 Å². The molecule has 3 unspecified atom stereocenters. The first-order valence-corrected chi connectivity index (χ1v) is 13.1. The van der Waals surface area contributed by atoms with E-state index in [9.17, 15) is 4.79 Å². The van der Waals surface area contributed by atoms with E-state index < -0.39 is 0 Å². The molecule has 1 aliphatic rings. The highest BCUT2D eigenvalue weighted by Crippen LogP contribution is 2.38. The lowest BCUT2D eigenvalue weighted by Gasteiger charge is -2.34. The molecule has 3 heteroatoms. The summed E-state index contributed by atoms with van der Waals surface area (Å²) in [6.45, 7) is 7.50. The Morgan fingerprint density at radius 1 is 0.871 bits per heavy atom. The predicted molar refractivity (Wildman–Crippen MR) is 130 cm³/mol. The summed E-state index contributed by atoms with van der Waals surface area (Å²) in [5.74, 6) is 1.96. The number of rotatable bonds is 15. The van der Waals surface area contributed by atoms with E-state index in [1.54, 1.807) is 0 Å². The molecule has 3 nitrogen and oxygen atoms in total. The molecule has 0 saturated heterocycles. The monoisotopic (exact) mass is 430 g/mol. The van der Waals surface area contributed by atoms with Gasteiger partial charge in [0, 0.05) is 6.42 Å². The average molecular weight is 431 g/mol. The molecular weight excluding hydrogens is 384 g/mol. The summed E-state index contributed by atoms with van der Waals surface area (Å²) >= 11 is 0. The van der Waals surface area contributed by atoms with Crippen LogP contribution in [0.3, 0.4) is 0 Å². The molecule has 2 rings (SSSR count). The first kappa shape index (κ1) is 25.7. The summed E-state index contributed by atoms with van der Waals surface area (Å²) in [5.41, 5.74) is 1.39. The molecule has 0 heterocycles. The smallest absolute Gasteiger partial charge is 0.306 e. The third-order valence-electron chi connectivity index (χ3n) is 6.73. The van der Waals surface area contributed by atoms with Gasteiger partial charge in [-0.2, -0.15) is 0 Å². The van der Waals surface area contributed by atoms with Gasteiger partial charge in [0.25, 0.3) is 0 Å². The van der Waals surface area contributed by atoms with Crippen LogP contribution in [0, 0.1) is 5.92 Å². The van der Waals surface area contributed by atoms with E-state index in [1.165, 1.54) is 50.5 Å². The zero-order chi connectivity index (χ0) is 22.3. The highest BCUT2D eigenvalue weighted by molar-refractivity contribution is 5.69. The Labute approximate surface area is 191 Å². The SMILES string of the molecule is CCCCCCCCOc1ccc(C2CCC(OC(=O)CCCCCC)C(C)C2)cc1. The van der Waals surface area contributed by atoms with Crippen molar-refractivity contribution in [2.75, 3.05) is 6.61 Å². The van der Waals surface area contributed by atoms with Crippen LogP contribution in [0.1, 0.15) is 122 Å². The Bertz CT molecular complexity index is 595. The number of ether oxygens (including phenoxy) is 2. The summed E-state index contributed by atoms with van der Waals surface area (Å²) in [6.07, 6.45) is 16.1. The van der Waals surface area contributed by atoms with Crippen LogP contribution in [0.5, 0.6) is 5.75 Å². The van der Waals surface area contributed by atoms with Crippen LogP contribution >= 0.6 is 0 Å². The van der Waals surface area contributed by atoms with E-state index in [0.717, 1.165) is 50.9 Å². The van der Waals surface area contributed by atoms with Gasteiger partial charge in [-0.05, 0) is 61.6 Å². The van der Waals surface area contributed by atoms with Gasteiger partial charge in [-0.1, -0.05) is 84.3 Å². The molecule has 0 amide bonds. The summed E-state index contributed by atoms with van der Waals surface area (Å²) < 4.78 is 11.7. The topological polar surface area (TPSA) is 35.5 Å². The zero-order valence-corrected chi connectivity index (χ0v) is 20.4. The second-order valence-corrected chi connectivity index (χ2v) is 9.51. The molecule has 0 spiro atoms. The van der Waals surface area contributed by atoms with Crippen LogP contribution in [0.2, 0.25) is 0 Å². The van der Waals surface area contributed by atoms with E-state index >= 15 is 0 Å². The van der Waals surface area contributed by atoms with Crippen LogP contribution in [0.4, 0.5) is 0 Å². The summed E-state index contributed by atoms with van der Waals surface area (Å²) in [6, 6.07) is 8.71. The van der Waals surface area contributed by atoms with Crippen LogP contribution in [-0.4, -0.2) is 18.7 Å². The van der Waals surface area contributed by atoms with Crippen molar-refractivity contribution in [3.05, 3.63) is 29.8 Å². The maximum Gasteiger partial charge on any atom is 0.306 e. The van der Waals surface area contributed by atoms with Crippen molar-refractivity contribution in [1.82, 2.24) is 0 Å². The van der Waals surface area contributed by atoms with Gasteiger partial charge in [0.2, 0.25) is 0 Å². The fraction of sp³-hybridized carbons (Fsp3) is 0.750. The van der Waals surface area contributed by atoms with Crippen molar-refractivity contribution in [2.45, 2.75) is 123 Å². The molecule has 0 N–H and O–H groups in total. The van der Waals surface area contributed by atoms with Crippen molar-refractivity contribution < 1.29 is 14.3 Å². The molecule has 1 aromatic carbocycles. The number of hydrogen-bond donors (Lipinski definition) is 0. The Balaban J connectivity index is 1.67. The molecule has 0 radical (unpaired) electrons. The van der Waals surface area contributed by atoms with Gasteiger partial charge < -0.3 is 9.47 Å². The third kappa shape index (κ3) is 10.1. The number of carbonyl (C=O) groups excluding carboxylic acids is 1. The minimum atomic E-state index is -0.00160. The second-order valence-electron chi connectivity index (χ2n) is 9.51. The van der Waals surface area contributed by atoms with E-state index in [-0.39, 0.29) is 12.1 Å². The summed E-state index contributed by atoms with van der Waals surface area (Å²) in [5, 5.41) is 0. The quantitative estimate of drug-likeness (QED) is 0.208. The van der Waals surface area contributed by atoms with Crippen molar-refractivity contribution in [2.24, 2.45) is 5.92 Å². The number of benzene rings is 1. The maximum atomic E-state index is 12.1. The van der Waals surface area contributed by atoms with Gasteiger partial charge in [0.05, 0.1) is 6.61 Å². The zero-order valence-electron chi connectivity index (χ0n) is 20.4. The molecule has 0 bridgehead atoms. The van der Waals surface area contributed by atoms with Crippen molar-refractivity contribution >= 4 is 5.97 Å². The molecule has 1 fully saturated rings. The highest BCUT2D eigenvalue weighted by atomic mass is 16.5.